The van der Waals surface area contributed by atoms with E-state index in [1.54, 1.807) is 19.0 Å². The number of carbonyl (C=O) groups is 1. The number of amides is 1. The molecule has 1 rings (SSSR count). The van der Waals surface area contributed by atoms with Crippen molar-refractivity contribution in [2.75, 3.05) is 14.1 Å². The van der Waals surface area contributed by atoms with Crippen LogP contribution in [0.15, 0.2) is 29.3 Å². The van der Waals surface area contributed by atoms with Gasteiger partial charge in [-0.2, -0.15) is 0 Å². The second-order valence-corrected chi connectivity index (χ2v) is 6.97. The van der Waals surface area contributed by atoms with Gasteiger partial charge in [0, 0.05) is 25.7 Å². The van der Waals surface area contributed by atoms with E-state index in [9.17, 15) is 4.79 Å². The summed E-state index contributed by atoms with van der Waals surface area (Å²) in [5.74, 6) is 1.22. The fourth-order valence-electron chi connectivity index (χ4n) is 2.39. The summed E-state index contributed by atoms with van der Waals surface area (Å²) in [4.78, 5) is 17.8. The first-order chi connectivity index (χ1) is 11.3. The molecule has 1 atom stereocenters. The van der Waals surface area contributed by atoms with Crippen LogP contribution in [0.1, 0.15) is 56.0 Å². The summed E-state index contributed by atoms with van der Waals surface area (Å²) < 4.78 is 0. The molecule has 0 aliphatic carbocycles. The second-order valence-electron chi connectivity index (χ2n) is 6.97. The van der Waals surface area contributed by atoms with Crippen molar-refractivity contribution in [1.82, 2.24) is 10.2 Å². The fourth-order valence-corrected chi connectivity index (χ4v) is 2.39. The monoisotopic (exact) mass is 332 g/mol. The minimum Gasteiger partial charge on any atom is -0.370 e. The quantitative estimate of drug-likeness (QED) is 0.568. The molecule has 1 aromatic rings. The number of hydrogen-bond donors (Lipinski definition) is 2. The normalized spacial score (nSPS) is 13.0. The molecule has 0 aliphatic heterocycles. The number of guanidine groups is 1. The van der Waals surface area contributed by atoms with Gasteiger partial charge in [-0.1, -0.05) is 38.8 Å². The van der Waals surface area contributed by atoms with E-state index in [0.29, 0.717) is 24.1 Å². The first-order valence-corrected chi connectivity index (χ1v) is 8.66. The molecule has 5 heteroatoms. The molecule has 134 valence electrons. The lowest BCUT2D eigenvalue weighted by atomic mass is 10.0. The van der Waals surface area contributed by atoms with Crippen LogP contribution in [-0.4, -0.2) is 36.9 Å². The van der Waals surface area contributed by atoms with Gasteiger partial charge >= 0.3 is 0 Å². The summed E-state index contributed by atoms with van der Waals surface area (Å²) >= 11 is 0. The summed E-state index contributed by atoms with van der Waals surface area (Å²) in [7, 11) is 3.49. The van der Waals surface area contributed by atoms with E-state index in [4.69, 9.17) is 5.73 Å². The molecule has 0 aromatic heterocycles. The van der Waals surface area contributed by atoms with E-state index in [1.807, 2.05) is 24.3 Å². The highest BCUT2D eigenvalue weighted by Gasteiger charge is 2.07. The van der Waals surface area contributed by atoms with E-state index in [-0.39, 0.29) is 5.91 Å². The van der Waals surface area contributed by atoms with Gasteiger partial charge in [-0.15, -0.1) is 0 Å². The number of aliphatic imine (C=N–C) groups is 1. The zero-order chi connectivity index (χ0) is 18.1. The SMILES string of the molecule is CC(C)CCCC(C)NC(N)=NCc1ccc(C(=O)N(C)C)cc1. The van der Waals surface area contributed by atoms with Gasteiger partial charge in [0.15, 0.2) is 5.96 Å². The van der Waals surface area contributed by atoms with Crippen molar-refractivity contribution in [2.45, 2.75) is 52.6 Å². The molecule has 1 aromatic carbocycles. The summed E-state index contributed by atoms with van der Waals surface area (Å²) in [6.07, 6.45) is 3.53. The molecular weight excluding hydrogens is 300 g/mol. The molecule has 0 saturated carbocycles. The van der Waals surface area contributed by atoms with E-state index in [2.05, 4.69) is 31.1 Å². The summed E-state index contributed by atoms with van der Waals surface area (Å²) in [6.45, 7) is 7.12. The highest BCUT2D eigenvalue weighted by atomic mass is 16.2. The van der Waals surface area contributed by atoms with Crippen LogP contribution in [0, 0.1) is 5.92 Å². The van der Waals surface area contributed by atoms with Crippen molar-refractivity contribution >= 4 is 11.9 Å². The first kappa shape index (κ1) is 20.0. The lowest BCUT2D eigenvalue weighted by molar-refractivity contribution is 0.0827. The van der Waals surface area contributed by atoms with Crippen LogP contribution in [0.4, 0.5) is 0 Å². The topological polar surface area (TPSA) is 70.7 Å². The Morgan fingerprint density at radius 3 is 2.33 bits per heavy atom. The third-order valence-electron chi connectivity index (χ3n) is 3.85. The first-order valence-electron chi connectivity index (χ1n) is 8.66. The molecule has 24 heavy (non-hydrogen) atoms. The minimum atomic E-state index is 0.00135. The van der Waals surface area contributed by atoms with Crippen molar-refractivity contribution in [3.63, 3.8) is 0 Å². The molecule has 0 heterocycles. The molecule has 5 nitrogen and oxygen atoms in total. The van der Waals surface area contributed by atoms with Gasteiger partial charge in [-0.25, -0.2) is 4.99 Å². The molecule has 0 saturated heterocycles. The van der Waals surface area contributed by atoms with Gasteiger partial charge in [-0.3, -0.25) is 4.79 Å². The van der Waals surface area contributed by atoms with Crippen LogP contribution < -0.4 is 11.1 Å². The summed E-state index contributed by atoms with van der Waals surface area (Å²) in [5, 5.41) is 3.24. The maximum Gasteiger partial charge on any atom is 0.253 e. The van der Waals surface area contributed by atoms with Crippen molar-refractivity contribution < 1.29 is 4.79 Å². The Balaban J connectivity index is 2.45. The zero-order valence-corrected chi connectivity index (χ0v) is 15.7. The molecule has 0 spiro atoms. The second kappa shape index (κ2) is 9.96. The molecule has 1 amide bonds. The molecule has 3 N–H and O–H groups in total. The Kier molecular flexibility index (Phi) is 8.30. The Morgan fingerprint density at radius 2 is 1.79 bits per heavy atom. The summed E-state index contributed by atoms with van der Waals surface area (Å²) in [5.41, 5.74) is 7.66. The number of hydrogen-bond acceptors (Lipinski definition) is 2. The predicted octanol–water partition coefficient (Wildman–Crippen LogP) is 3.01. The average Bonchev–Trinajstić information content (AvgIpc) is 2.52. The van der Waals surface area contributed by atoms with Gasteiger partial charge in [0.1, 0.15) is 0 Å². The van der Waals surface area contributed by atoms with Crippen LogP contribution in [0.2, 0.25) is 0 Å². The standard InChI is InChI=1S/C19H32N4O/c1-14(2)7-6-8-15(3)22-19(20)21-13-16-9-11-17(12-10-16)18(24)23(4)5/h9-12,14-15H,6-8,13H2,1-5H3,(H3,20,21,22). The van der Waals surface area contributed by atoms with Crippen LogP contribution in [-0.2, 0) is 6.54 Å². The van der Waals surface area contributed by atoms with Gasteiger partial charge in [-0.05, 0) is 37.0 Å². The third-order valence-corrected chi connectivity index (χ3v) is 3.85. The van der Waals surface area contributed by atoms with Crippen molar-refractivity contribution in [2.24, 2.45) is 16.6 Å². The Morgan fingerprint density at radius 1 is 1.17 bits per heavy atom. The van der Waals surface area contributed by atoms with Crippen molar-refractivity contribution in [3.8, 4) is 0 Å². The molecule has 0 fully saturated rings. The average molecular weight is 332 g/mol. The van der Waals surface area contributed by atoms with Crippen molar-refractivity contribution in [3.05, 3.63) is 35.4 Å². The number of rotatable bonds is 8. The maximum absolute atomic E-state index is 11.8. The van der Waals surface area contributed by atoms with Gasteiger partial charge in [0.2, 0.25) is 0 Å². The Bertz CT molecular complexity index is 535. The van der Waals surface area contributed by atoms with Gasteiger partial charge in [0.25, 0.3) is 5.91 Å². The van der Waals surface area contributed by atoms with E-state index < -0.39 is 0 Å². The molecule has 0 aliphatic rings. The molecule has 0 bridgehead atoms. The molecule has 0 radical (unpaired) electrons. The number of benzene rings is 1. The van der Waals surface area contributed by atoms with Crippen LogP contribution >= 0.6 is 0 Å². The van der Waals surface area contributed by atoms with E-state index in [1.165, 1.54) is 12.8 Å². The number of nitrogens with two attached hydrogens (primary N) is 1. The third kappa shape index (κ3) is 7.49. The lowest BCUT2D eigenvalue weighted by Crippen LogP contribution is -2.38. The van der Waals surface area contributed by atoms with E-state index in [0.717, 1.165) is 17.9 Å². The van der Waals surface area contributed by atoms with Gasteiger partial charge < -0.3 is 16.0 Å². The fraction of sp³-hybridized carbons (Fsp3) is 0.579. The summed E-state index contributed by atoms with van der Waals surface area (Å²) in [6, 6.07) is 7.81. The number of nitrogens with zero attached hydrogens (tertiary/aromatic N) is 2. The van der Waals surface area contributed by atoms with Crippen LogP contribution in [0.5, 0.6) is 0 Å². The Hall–Kier alpha value is -2.04. The molecular formula is C19H32N4O. The smallest absolute Gasteiger partial charge is 0.253 e. The largest absolute Gasteiger partial charge is 0.370 e. The molecule has 1 unspecified atom stereocenters. The highest BCUT2D eigenvalue weighted by molar-refractivity contribution is 5.93. The van der Waals surface area contributed by atoms with E-state index >= 15 is 0 Å². The zero-order valence-electron chi connectivity index (χ0n) is 15.7. The van der Waals surface area contributed by atoms with Crippen LogP contribution in [0.3, 0.4) is 0 Å². The predicted molar refractivity (Wildman–Crippen MR) is 101 cm³/mol. The lowest BCUT2D eigenvalue weighted by Gasteiger charge is -2.15. The highest BCUT2D eigenvalue weighted by Crippen LogP contribution is 2.09. The maximum atomic E-state index is 11.8. The minimum absolute atomic E-state index is 0.00135. The number of nitrogens with one attached hydrogen (secondary N) is 1. The van der Waals surface area contributed by atoms with Crippen molar-refractivity contribution in [1.29, 1.82) is 0 Å². The van der Waals surface area contributed by atoms with Gasteiger partial charge in [0.05, 0.1) is 6.54 Å². The van der Waals surface area contributed by atoms with Crippen LogP contribution in [0.25, 0.3) is 0 Å². The Labute approximate surface area is 146 Å². The number of carbonyl (C=O) groups excluding carboxylic acids is 1.